The molecule has 0 saturated heterocycles. The van der Waals surface area contributed by atoms with Gasteiger partial charge in [-0.1, -0.05) is 71.3 Å². The molecule has 31 heavy (non-hydrogen) atoms. The van der Waals surface area contributed by atoms with Crippen molar-refractivity contribution in [3.8, 4) is 11.5 Å². The maximum atomic E-state index is 6.28. The summed E-state index contributed by atoms with van der Waals surface area (Å²) in [6.07, 6.45) is 12.6. The van der Waals surface area contributed by atoms with E-state index in [-0.39, 0.29) is 12.5 Å². The van der Waals surface area contributed by atoms with Crippen molar-refractivity contribution in [1.29, 1.82) is 0 Å². The number of nitrogens with zero attached hydrogens (tertiary/aromatic N) is 2. The van der Waals surface area contributed by atoms with Gasteiger partial charge in [0.25, 0.3) is 0 Å². The highest BCUT2D eigenvalue weighted by Gasteiger charge is 2.23. The summed E-state index contributed by atoms with van der Waals surface area (Å²) in [6, 6.07) is 8.03. The Kier molecular flexibility index (Phi) is 13.0. The zero-order valence-corrected chi connectivity index (χ0v) is 20.5. The molecule has 178 valence electrons. The minimum absolute atomic E-state index is 0.0838. The van der Waals surface area contributed by atoms with Crippen molar-refractivity contribution in [1.82, 2.24) is 9.80 Å². The summed E-state index contributed by atoms with van der Waals surface area (Å²) >= 11 is 0. The van der Waals surface area contributed by atoms with Crippen LogP contribution in [-0.4, -0.2) is 62.7 Å². The molecule has 5 nitrogen and oxygen atoms in total. The number of fused-ring (bicyclic) bond motifs is 2. The molecule has 1 aliphatic heterocycles. The van der Waals surface area contributed by atoms with Crippen molar-refractivity contribution in [3.63, 3.8) is 0 Å². The Morgan fingerprint density at radius 3 is 1.61 bits per heavy atom. The SMILES string of the molecule is CCCCCCCN(C)C1COCC(N(C)CCCCCCC)Oc2cccc(c2)O1. The van der Waals surface area contributed by atoms with E-state index in [0.717, 1.165) is 24.6 Å². The number of rotatable bonds is 14. The molecule has 0 radical (unpaired) electrons. The highest BCUT2D eigenvalue weighted by Crippen LogP contribution is 2.24. The first-order chi connectivity index (χ1) is 15.1. The second-order valence-electron chi connectivity index (χ2n) is 8.95. The van der Waals surface area contributed by atoms with Crippen LogP contribution in [0.25, 0.3) is 0 Å². The molecule has 5 heteroatoms. The molecular weight excluding hydrogens is 388 g/mol. The summed E-state index contributed by atoms with van der Waals surface area (Å²) in [5.74, 6) is 1.68. The van der Waals surface area contributed by atoms with Crippen molar-refractivity contribution in [3.05, 3.63) is 24.3 Å². The van der Waals surface area contributed by atoms with Gasteiger partial charge in [-0.05, 0) is 39.1 Å². The Labute approximate surface area is 191 Å². The third-order valence-electron chi connectivity index (χ3n) is 6.08. The Balaban J connectivity index is 1.91. The molecule has 0 fully saturated rings. The lowest BCUT2D eigenvalue weighted by Gasteiger charge is -2.33. The van der Waals surface area contributed by atoms with E-state index in [1.54, 1.807) is 0 Å². The average Bonchev–Trinajstić information content (AvgIpc) is 2.77. The van der Waals surface area contributed by atoms with Gasteiger partial charge in [-0.2, -0.15) is 0 Å². The summed E-state index contributed by atoms with van der Waals surface area (Å²) < 4.78 is 18.7. The van der Waals surface area contributed by atoms with E-state index in [1.165, 1.54) is 64.2 Å². The Morgan fingerprint density at radius 1 is 0.710 bits per heavy atom. The number of hydrogen-bond donors (Lipinski definition) is 0. The molecule has 1 aromatic rings. The summed E-state index contributed by atoms with van der Waals surface area (Å²) in [7, 11) is 4.28. The number of ether oxygens (including phenoxy) is 3. The summed E-state index contributed by atoms with van der Waals surface area (Å²) in [4.78, 5) is 4.57. The molecule has 1 aromatic carbocycles. The fourth-order valence-corrected chi connectivity index (χ4v) is 3.92. The molecule has 0 saturated carbocycles. The lowest BCUT2D eigenvalue weighted by molar-refractivity contribution is -0.0791. The molecule has 2 unspecified atom stereocenters. The van der Waals surface area contributed by atoms with Gasteiger partial charge < -0.3 is 14.2 Å². The monoisotopic (exact) mass is 434 g/mol. The van der Waals surface area contributed by atoms with Crippen LogP contribution in [0.15, 0.2) is 24.3 Å². The normalized spacial score (nSPS) is 19.3. The van der Waals surface area contributed by atoms with Gasteiger partial charge in [0, 0.05) is 19.2 Å². The van der Waals surface area contributed by atoms with E-state index in [2.05, 4.69) is 37.7 Å². The Bertz CT molecular complexity index is 538. The number of benzene rings is 1. The molecule has 0 amide bonds. The molecule has 2 atom stereocenters. The molecule has 0 aliphatic carbocycles. The highest BCUT2D eigenvalue weighted by atomic mass is 16.6. The molecule has 2 rings (SSSR count). The maximum absolute atomic E-state index is 6.28. The Hall–Kier alpha value is -1.30. The van der Waals surface area contributed by atoms with Crippen LogP contribution < -0.4 is 9.47 Å². The third-order valence-corrected chi connectivity index (χ3v) is 6.08. The van der Waals surface area contributed by atoms with E-state index >= 15 is 0 Å². The van der Waals surface area contributed by atoms with E-state index in [4.69, 9.17) is 14.2 Å². The molecule has 0 N–H and O–H groups in total. The van der Waals surface area contributed by atoms with Crippen molar-refractivity contribution in [2.24, 2.45) is 0 Å². The number of hydrogen-bond acceptors (Lipinski definition) is 5. The smallest absolute Gasteiger partial charge is 0.175 e. The van der Waals surface area contributed by atoms with E-state index in [0.29, 0.717) is 13.2 Å². The fraction of sp³-hybridized carbons (Fsp3) is 0.769. The molecule has 1 aliphatic rings. The minimum atomic E-state index is -0.0838. The van der Waals surface area contributed by atoms with Gasteiger partial charge in [0.05, 0.1) is 13.2 Å². The largest absolute Gasteiger partial charge is 0.473 e. The summed E-state index contributed by atoms with van der Waals surface area (Å²) in [6.45, 7) is 7.64. The predicted molar refractivity (Wildman–Crippen MR) is 129 cm³/mol. The second kappa shape index (κ2) is 15.5. The van der Waals surface area contributed by atoms with Gasteiger partial charge in [-0.3, -0.25) is 9.80 Å². The van der Waals surface area contributed by atoms with Gasteiger partial charge in [-0.15, -0.1) is 0 Å². The minimum Gasteiger partial charge on any atom is -0.473 e. The Morgan fingerprint density at radius 2 is 1.16 bits per heavy atom. The molecule has 0 aromatic heterocycles. The van der Waals surface area contributed by atoms with Gasteiger partial charge >= 0.3 is 0 Å². The van der Waals surface area contributed by atoms with Gasteiger partial charge in [-0.25, -0.2) is 0 Å². The first-order valence-electron chi connectivity index (χ1n) is 12.6. The van der Waals surface area contributed by atoms with Gasteiger partial charge in [0.1, 0.15) is 11.5 Å². The summed E-state index contributed by atoms with van der Waals surface area (Å²) in [5, 5.41) is 0. The quantitative estimate of drug-likeness (QED) is 0.339. The van der Waals surface area contributed by atoms with Crippen LogP contribution in [0.5, 0.6) is 11.5 Å². The van der Waals surface area contributed by atoms with Crippen LogP contribution >= 0.6 is 0 Å². The van der Waals surface area contributed by atoms with Crippen molar-refractivity contribution < 1.29 is 14.2 Å². The molecular formula is C26H46N2O3. The van der Waals surface area contributed by atoms with Crippen LogP contribution in [-0.2, 0) is 4.74 Å². The standard InChI is InChI=1S/C26H46N2O3/c1-5-7-9-11-13-18-27(3)25-21-29-22-26(28(4)19-14-12-10-8-6-2)31-24-17-15-16-23(20-24)30-25/h15-17,20,25-26H,5-14,18-19,21-22H2,1-4H3. The van der Waals surface area contributed by atoms with Crippen molar-refractivity contribution >= 4 is 0 Å². The zero-order valence-electron chi connectivity index (χ0n) is 20.5. The number of unbranched alkanes of at least 4 members (excludes halogenated alkanes) is 8. The van der Waals surface area contributed by atoms with E-state index in [9.17, 15) is 0 Å². The first kappa shape index (κ1) is 26.0. The lowest BCUT2D eigenvalue weighted by Crippen LogP contribution is -2.45. The third kappa shape index (κ3) is 10.2. The van der Waals surface area contributed by atoms with Gasteiger partial charge in [0.15, 0.2) is 12.5 Å². The fourth-order valence-electron chi connectivity index (χ4n) is 3.92. The predicted octanol–water partition coefficient (Wildman–Crippen LogP) is 5.93. The second-order valence-corrected chi connectivity index (χ2v) is 8.95. The van der Waals surface area contributed by atoms with Gasteiger partial charge in [0.2, 0.25) is 0 Å². The molecule has 1 heterocycles. The highest BCUT2D eigenvalue weighted by molar-refractivity contribution is 5.33. The van der Waals surface area contributed by atoms with Crippen molar-refractivity contribution in [2.75, 3.05) is 40.4 Å². The van der Waals surface area contributed by atoms with E-state index in [1.807, 2.05) is 24.3 Å². The summed E-state index contributed by atoms with van der Waals surface area (Å²) in [5.41, 5.74) is 0. The van der Waals surface area contributed by atoms with Crippen LogP contribution in [0.3, 0.4) is 0 Å². The lowest BCUT2D eigenvalue weighted by atomic mass is 10.1. The van der Waals surface area contributed by atoms with Crippen LogP contribution in [0.4, 0.5) is 0 Å². The topological polar surface area (TPSA) is 34.2 Å². The van der Waals surface area contributed by atoms with E-state index < -0.39 is 0 Å². The van der Waals surface area contributed by atoms with Crippen molar-refractivity contribution in [2.45, 2.75) is 90.5 Å². The first-order valence-corrected chi connectivity index (χ1v) is 12.6. The maximum Gasteiger partial charge on any atom is 0.175 e. The number of likely N-dealkylation sites (N-methyl/N-ethyl adjacent to an activating group) is 2. The van der Waals surface area contributed by atoms with Crippen LogP contribution in [0.2, 0.25) is 0 Å². The van der Waals surface area contributed by atoms with Crippen LogP contribution in [0, 0.1) is 0 Å². The molecule has 0 spiro atoms. The average molecular weight is 435 g/mol. The zero-order chi connectivity index (χ0) is 22.3. The van der Waals surface area contributed by atoms with Crippen LogP contribution in [0.1, 0.15) is 78.1 Å². The molecule has 2 bridgehead atoms.